The minimum absolute atomic E-state index is 0.0237. The normalized spacial score (nSPS) is 11.5. The number of hydrogen-bond donors (Lipinski definition) is 2. The number of hydrogen-bond acceptors (Lipinski definition) is 10. The van der Waals surface area contributed by atoms with Gasteiger partial charge in [0.25, 0.3) is 11.6 Å². The van der Waals surface area contributed by atoms with Gasteiger partial charge in [-0.05, 0) is 51.1 Å². The van der Waals surface area contributed by atoms with Crippen LogP contribution in [-0.2, 0) is 14.3 Å². The fourth-order valence-electron chi connectivity index (χ4n) is 2.58. The first-order valence-electron chi connectivity index (χ1n) is 10.0. The second-order valence-corrected chi connectivity index (χ2v) is 6.56. The van der Waals surface area contributed by atoms with E-state index in [-0.39, 0.29) is 41.4 Å². The number of benzene rings is 2. The molecule has 0 saturated heterocycles. The molecule has 0 radical (unpaired) electrons. The Morgan fingerprint density at radius 1 is 1.03 bits per heavy atom. The monoisotopic (exact) mass is 470 g/mol. The summed E-state index contributed by atoms with van der Waals surface area (Å²) in [5, 5.41) is 30.8. The third-order valence-electron chi connectivity index (χ3n) is 4.16. The summed E-state index contributed by atoms with van der Waals surface area (Å²) in [6.07, 6.45) is 0. The van der Waals surface area contributed by atoms with Crippen LogP contribution in [0.3, 0.4) is 0 Å². The van der Waals surface area contributed by atoms with Crippen molar-refractivity contribution in [3.8, 4) is 0 Å². The van der Waals surface area contributed by atoms with Crippen LogP contribution >= 0.6 is 0 Å². The number of allylic oxidation sites excluding steroid dienone is 1. The minimum Gasteiger partial charge on any atom is -0.510 e. The van der Waals surface area contributed by atoms with E-state index in [2.05, 4.69) is 15.5 Å². The maximum atomic E-state index is 12.6. The van der Waals surface area contributed by atoms with Crippen LogP contribution in [0.4, 0.5) is 17.1 Å². The molecule has 2 aromatic rings. The number of carbonyl (C=O) groups excluding carboxylic acids is 3. The third kappa shape index (κ3) is 6.69. The highest BCUT2D eigenvalue weighted by Gasteiger charge is 2.18. The molecule has 0 aliphatic heterocycles. The van der Waals surface area contributed by atoms with E-state index in [4.69, 9.17) is 9.47 Å². The summed E-state index contributed by atoms with van der Waals surface area (Å²) in [5.41, 5.74) is -0.476. The van der Waals surface area contributed by atoms with E-state index >= 15 is 0 Å². The zero-order valence-corrected chi connectivity index (χ0v) is 18.6. The van der Waals surface area contributed by atoms with Gasteiger partial charge >= 0.3 is 11.9 Å². The molecular weight excluding hydrogens is 448 g/mol. The van der Waals surface area contributed by atoms with Crippen molar-refractivity contribution < 1.29 is 33.9 Å². The first kappa shape index (κ1) is 25.6. The molecule has 0 unspecified atom stereocenters. The molecule has 0 aliphatic rings. The highest BCUT2D eigenvalue weighted by atomic mass is 16.6. The van der Waals surface area contributed by atoms with E-state index in [0.717, 1.165) is 0 Å². The first-order chi connectivity index (χ1) is 16.2. The van der Waals surface area contributed by atoms with Gasteiger partial charge in [-0.3, -0.25) is 14.9 Å². The van der Waals surface area contributed by atoms with Crippen molar-refractivity contribution >= 4 is 34.9 Å². The van der Waals surface area contributed by atoms with Gasteiger partial charge in [-0.25, -0.2) is 9.59 Å². The van der Waals surface area contributed by atoms with Crippen molar-refractivity contribution in [3.05, 3.63) is 75.2 Å². The van der Waals surface area contributed by atoms with Crippen LogP contribution in [0.25, 0.3) is 0 Å². The number of carbonyl (C=O) groups is 3. The van der Waals surface area contributed by atoms with Crippen LogP contribution in [0.15, 0.2) is 64.1 Å². The molecule has 0 bridgehead atoms. The highest BCUT2D eigenvalue weighted by molar-refractivity contribution is 6.04. The lowest BCUT2D eigenvalue weighted by atomic mass is 10.1. The fraction of sp³-hybridized carbons (Fsp3) is 0.227. The Kier molecular flexibility index (Phi) is 8.94. The lowest BCUT2D eigenvalue weighted by Gasteiger charge is -2.08. The third-order valence-corrected chi connectivity index (χ3v) is 4.16. The number of ether oxygens (including phenoxy) is 2. The molecular formula is C22H22N4O8. The van der Waals surface area contributed by atoms with Crippen LogP contribution in [0, 0.1) is 10.1 Å². The molecule has 12 heteroatoms. The standard InChI is InChI=1S/C22H22N4O8/c1-4-33-21(29)14-6-11-17(22(30)34-5-2)18(12-14)24-25-19(13(3)27)20(28)23-15-7-9-16(10-8-15)26(31)32/h6-12,27H,4-5H2,1-3H3,(H,23,28). The summed E-state index contributed by atoms with van der Waals surface area (Å²) in [5.74, 6) is -2.73. The van der Waals surface area contributed by atoms with Gasteiger partial charge in [-0.1, -0.05) is 0 Å². The zero-order chi connectivity index (χ0) is 25.3. The van der Waals surface area contributed by atoms with E-state index in [9.17, 15) is 29.6 Å². The van der Waals surface area contributed by atoms with Crippen LogP contribution in [0.5, 0.6) is 0 Å². The van der Waals surface area contributed by atoms with Crippen molar-refractivity contribution in [2.45, 2.75) is 20.8 Å². The lowest BCUT2D eigenvalue weighted by Crippen LogP contribution is -2.14. The first-order valence-corrected chi connectivity index (χ1v) is 10.0. The number of anilines is 1. The number of nitrogens with one attached hydrogen (secondary N) is 1. The van der Waals surface area contributed by atoms with Crippen molar-refractivity contribution in [2.24, 2.45) is 10.2 Å². The van der Waals surface area contributed by atoms with Crippen molar-refractivity contribution in [1.29, 1.82) is 0 Å². The Morgan fingerprint density at radius 3 is 2.21 bits per heavy atom. The van der Waals surface area contributed by atoms with E-state index in [0.29, 0.717) is 0 Å². The van der Waals surface area contributed by atoms with E-state index in [1.807, 2.05) is 0 Å². The summed E-state index contributed by atoms with van der Waals surface area (Å²) >= 11 is 0. The second-order valence-electron chi connectivity index (χ2n) is 6.56. The molecule has 0 heterocycles. The predicted molar refractivity (Wildman–Crippen MR) is 120 cm³/mol. The van der Waals surface area contributed by atoms with Gasteiger partial charge in [0, 0.05) is 17.8 Å². The Balaban J connectivity index is 2.37. The Hall–Kier alpha value is -4.61. The lowest BCUT2D eigenvalue weighted by molar-refractivity contribution is -0.384. The van der Waals surface area contributed by atoms with Crippen molar-refractivity contribution in [2.75, 3.05) is 18.5 Å². The maximum absolute atomic E-state index is 12.6. The quantitative estimate of drug-likeness (QED) is 0.135. The molecule has 0 aromatic heterocycles. The van der Waals surface area contributed by atoms with Gasteiger partial charge in [-0.15, -0.1) is 10.2 Å². The van der Waals surface area contributed by atoms with Crippen LogP contribution < -0.4 is 5.32 Å². The molecule has 0 atom stereocenters. The summed E-state index contributed by atoms with van der Waals surface area (Å²) in [6, 6.07) is 8.91. The van der Waals surface area contributed by atoms with E-state index < -0.39 is 34.2 Å². The number of rotatable bonds is 9. The molecule has 12 nitrogen and oxygen atoms in total. The van der Waals surface area contributed by atoms with Gasteiger partial charge in [0.1, 0.15) is 11.4 Å². The fourth-order valence-corrected chi connectivity index (χ4v) is 2.58. The average molecular weight is 470 g/mol. The molecule has 1 amide bonds. The van der Waals surface area contributed by atoms with E-state index in [1.54, 1.807) is 13.8 Å². The average Bonchev–Trinajstić information content (AvgIpc) is 2.79. The summed E-state index contributed by atoms with van der Waals surface area (Å²) in [7, 11) is 0. The number of non-ortho nitro benzene ring substituents is 1. The predicted octanol–water partition coefficient (Wildman–Crippen LogP) is 4.46. The largest absolute Gasteiger partial charge is 0.510 e. The van der Waals surface area contributed by atoms with Crippen LogP contribution in [-0.4, -0.2) is 41.1 Å². The topological polar surface area (TPSA) is 170 Å². The Morgan fingerprint density at radius 2 is 1.65 bits per heavy atom. The molecule has 0 fully saturated rings. The molecule has 34 heavy (non-hydrogen) atoms. The summed E-state index contributed by atoms with van der Waals surface area (Å²) in [6.45, 7) is 4.67. The summed E-state index contributed by atoms with van der Waals surface area (Å²) < 4.78 is 9.92. The number of nitro groups is 1. The maximum Gasteiger partial charge on any atom is 0.340 e. The number of nitro benzene ring substituents is 1. The molecule has 2 N–H and O–H groups in total. The van der Waals surface area contributed by atoms with Crippen LogP contribution in [0.1, 0.15) is 41.5 Å². The van der Waals surface area contributed by atoms with Crippen molar-refractivity contribution in [3.63, 3.8) is 0 Å². The smallest absolute Gasteiger partial charge is 0.340 e. The molecule has 0 spiro atoms. The number of azo groups is 1. The molecule has 178 valence electrons. The van der Waals surface area contributed by atoms with Crippen molar-refractivity contribution in [1.82, 2.24) is 0 Å². The van der Waals surface area contributed by atoms with Crippen LogP contribution in [0.2, 0.25) is 0 Å². The van der Waals surface area contributed by atoms with Gasteiger partial charge in [-0.2, -0.15) is 0 Å². The zero-order valence-electron chi connectivity index (χ0n) is 18.6. The number of aliphatic hydroxyl groups is 1. The molecule has 2 aromatic carbocycles. The highest BCUT2D eigenvalue weighted by Crippen LogP contribution is 2.25. The number of amides is 1. The van der Waals surface area contributed by atoms with Gasteiger partial charge in [0.05, 0.1) is 29.3 Å². The molecule has 0 saturated carbocycles. The minimum atomic E-state index is -0.864. The molecule has 2 rings (SSSR count). The number of aliphatic hydroxyl groups excluding tert-OH is 1. The van der Waals surface area contributed by atoms with E-state index in [1.165, 1.54) is 49.4 Å². The second kappa shape index (κ2) is 11.9. The Bertz CT molecular complexity index is 1150. The summed E-state index contributed by atoms with van der Waals surface area (Å²) in [4.78, 5) is 47.1. The number of nitrogens with zero attached hydrogens (tertiary/aromatic N) is 3. The number of esters is 2. The van der Waals surface area contributed by atoms with Gasteiger partial charge in [0.15, 0.2) is 5.70 Å². The molecule has 0 aliphatic carbocycles. The van der Waals surface area contributed by atoms with Gasteiger partial charge < -0.3 is 19.9 Å². The SMILES string of the molecule is CCOC(=O)c1ccc(C(=O)OCC)c(N=NC(C(=O)Nc2ccc([N+](=O)[O-])cc2)=C(C)O)c1. The van der Waals surface area contributed by atoms with Gasteiger partial charge in [0.2, 0.25) is 0 Å². The Labute approximate surface area is 194 Å².